The first-order chi connectivity index (χ1) is 19.5. The molecule has 0 saturated carbocycles. The average molecular weight is 540 g/mol. The van der Waals surface area contributed by atoms with E-state index in [-0.39, 0.29) is 48.6 Å². The number of hydrogen-bond acceptors (Lipinski definition) is 5. The van der Waals surface area contributed by atoms with Crippen LogP contribution in [-0.2, 0) is 24.4 Å². The van der Waals surface area contributed by atoms with Crippen LogP contribution in [0.1, 0.15) is 43.6 Å². The molecular formula is C31H26FN3O5. The molecule has 8 nitrogen and oxygen atoms in total. The number of fused-ring (bicyclic) bond motifs is 2. The second-order valence-electron chi connectivity index (χ2n) is 9.71. The SMILES string of the molecule is O=C(NCc1ccc(F)cc1)c1cn2c(c(OCc3ccccc3)c1=O)C(=O)N1C(C2)OCC1c1ccccc1. The Morgan fingerprint density at radius 2 is 1.65 bits per heavy atom. The van der Waals surface area contributed by atoms with Crippen molar-refractivity contribution in [1.29, 1.82) is 0 Å². The fraction of sp³-hybridized carbons (Fsp3) is 0.194. The zero-order valence-electron chi connectivity index (χ0n) is 21.5. The normalized spacial score (nSPS) is 17.7. The number of carbonyl (C=O) groups is 2. The lowest BCUT2D eigenvalue weighted by Gasteiger charge is -2.35. The molecule has 2 aliphatic heterocycles. The molecule has 0 aliphatic carbocycles. The highest BCUT2D eigenvalue weighted by atomic mass is 19.1. The van der Waals surface area contributed by atoms with Crippen molar-refractivity contribution in [3.8, 4) is 5.75 Å². The lowest BCUT2D eigenvalue weighted by Crippen LogP contribution is -2.47. The molecular weight excluding hydrogens is 513 g/mol. The van der Waals surface area contributed by atoms with Crippen LogP contribution < -0.4 is 15.5 Å². The summed E-state index contributed by atoms with van der Waals surface area (Å²) in [4.78, 5) is 42.5. The summed E-state index contributed by atoms with van der Waals surface area (Å²) < 4.78 is 26.8. The summed E-state index contributed by atoms with van der Waals surface area (Å²) in [5.74, 6) is -1.59. The average Bonchev–Trinajstić information content (AvgIpc) is 3.41. The van der Waals surface area contributed by atoms with Gasteiger partial charge in [-0.1, -0.05) is 72.8 Å². The second-order valence-corrected chi connectivity index (χ2v) is 9.71. The van der Waals surface area contributed by atoms with Crippen molar-refractivity contribution >= 4 is 11.8 Å². The van der Waals surface area contributed by atoms with Gasteiger partial charge in [0.1, 0.15) is 18.0 Å². The first-order valence-electron chi connectivity index (χ1n) is 13.0. The molecule has 0 radical (unpaired) electrons. The number of nitrogens with one attached hydrogen (secondary N) is 1. The molecule has 4 aromatic rings. The number of halogens is 1. The Hall–Kier alpha value is -4.76. The van der Waals surface area contributed by atoms with E-state index >= 15 is 0 Å². The van der Waals surface area contributed by atoms with Crippen LogP contribution in [0.2, 0.25) is 0 Å². The molecule has 2 aliphatic rings. The molecule has 1 aromatic heterocycles. The van der Waals surface area contributed by atoms with Crippen LogP contribution in [0.15, 0.2) is 95.9 Å². The molecule has 2 unspecified atom stereocenters. The molecule has 2 amide bonds. The number of hydrogen-bond donors (Lipinski definition) is 1. The third-order valence-corrected chi connectivity index (χ3v) is 7.14. The smallest absolute Gasteiger partial charge is 0.277 e. The van der Waals surface area contributed by atoms with Crippen molar-refractivity contribution in [2.45, 2.75) is 32.0 Å². The van der Waals surface area contributed by atoms with Crippen LogP contribution in [0.25, 0.3) is 0 Å². The minimum atomic E-state index is -0.679. The molecule has 202 valence electrons. The van der Waals surface area contributed by atoms with E-state index in [4.69, 9.17) is 9.47 Å². The summed E-state index contributed by atoms with van der Waals surface area (Å²) in [6.07, 6.45) is 0.825. The van der Waals surface area contributed by atoms with Gasteiger partial charge < -0.3 is 24.3 Å². The Kier molecular flexibility index (Phi) is 6.88. The number of pyridine rings is 1. The zero-order valence-corrected chi connectivity index (χ0v) is 21.5. The molecule has 1 fully saturated rings. The fourth-order valence-electron chi connectivity index (χ4n) is 5.11. The Morgan fingerprint density at radius 3 is 2.38 bits per heavy atom. The molecule has 0 spiro atoms. The van der Waals surface area contributed by atoms with Crippen LogP contribution in [0.3, 0.4) is 0 Å². The summed E-state index contributed by atoms with van der Waals surface area (Å²) in [5.41, 5.74) is 1.65. The largest absolute Gasteiger partial charge is 0.483 e. The van der Waals surface area contributed by atoms with E-state index in [2.05, 4.69) is 5.32 Å². The topological polar surface area (TPSA) is 89.9 Å². The van der Waals surface area contributed by atoms with Crippen molar-refractivity contribution < 1.29 is 23.5 Å². The van der Waals surface area contributed by atoms with Crippen LogP contribution >= 0.6 is 0 Å². The zero-order chi connectivity index (χ0) is 27.6. The fourth-order valence-corrected chi connectivity index (χ4v) is 5.11. The van der Waals surface area contributed by atoms with Gasteiger partial charge in [0, 0.05) is 12.7 Å². The highest BCUT2D eigenvalue weighted by Gasteiger charge is 2.45. The van der Waals surface area contributed by atoms with Gasteiger partial charge >= 0.3 is 0 Å². The number of benzene rings is 3. The van der Waals surface area contributed by atoms with E-state index in [9.17, 15) is 18.8 Å². The monoisotopic (exact) mass is 539 g/mol. The molecule has 1 saturated heterocycles. The summed E-state index contributed by atoms with van der Waals surface area (Å²) in [7, 11) is 0. The van der Waals surface area contributed by atoms with Gasteiger partial charge in [-0.25, -0.2) is 4.39 Å². The maximum atomic E-state index is 14.0. The maximum absolute atomic E-state index is 14.0. The van der Waals surface area contributed by atoms with E-state index < -0.39 is 23.5 Å². The predicted octanol–water partition coefficient (Wildman–Crippen LogP) is 4.05. The highest BCUT2D eigenvalue weighted by Crippen LogP contribution is 2.37. The number of nitrogens with zero attached hydrogens (tertiary/aromatic N) is 2. The molecule has 0 bridgehead atoms. The minimum absolute atomic E-state index is 0.0407. The highest BCUT2D eigenvalue weighted by molar-refractivity contribution is 5.99. The Bertz CT molecular complexity index is 1610. The summed E-state index contributed by atoms with van der Waals surface area (Å²) in [6, 6.07) is 24.2. The first-order valence-corrected chi connectivity index (χ1v) is 13.0. The number of rotatable bonds is 7. The molecule has 3 aromatic carbocycles. The Balaban J connectivity index is 1.36. The van der Waals surface area contributed by atoms with Gasteiger partial charge in [-0.2, -0.15) is 0 Å². The minimum Gasteiger partial charge on any atom is -0.483 e. The molecule has 3 heterocycles. The number of amides is 2. The van der Waals surface area contributed by atoms with E-state index in [1.54, 1.807) is 21.6 Å². The van der Waals surface area contributed by atoms with Gasteiger partial charge in [0.05, 0.1) is 19.2 Å². The van der Waals surface area contributed by atoms with E-state index in [1.807, 2.05) is 60.7 Å². The van der Waals surface area contributed by atoms with E-state index in [1.165, 1.54) is 18.3 Å². The van der Waals surface area contributed by atoms with Crippen molar-refractivity contribution in [2.24, 2.45) is 0 Å². The lowest BCUT2D eigenvalue weighted by molar-refractivity contribution is 0.00542. The number of carbonyl (C=O) groups excluding carboxylic acids is 2. The predicted molar refractivity (Wildman–Crippen MR) is 144 cm³/mol. The van der Waals surface area contributed by atoms with Gasteiger partial charge in [0.15, 0.2) is 17.7 Å². The third-order valence-electron chi connectivity index (χ3n) is 7.14. The molecule has 2 atom stereocenters. The Morgan fingerprint density at radius 1 is 0.950 bits per heavy atom. The number of ether oxygens (including phenoxy) is 2. The van der Waals surface area contributed by atoms with Gasteiger partial charge in [0.25, 0.3) is 11.8 Å². The Labute approximate surface area is 229 Å². The second kappa shape index (κ2) is 10.8. The summed E-state index contributed by atoms with van der Waals surface area (Å²) in [5, 5.41) is 2.71. The van der Waals surface area contributed by atoms with Crippen LogP contribution in [0.4, 0.5) is 4.39 Å². The van der Waals surface area contributed by atoms with Crippen LogP contribution in [-0.4, -0.2) is 34.1 Å². The van der Waals surface area contributed by atoms with Crippen molar-refractivity contribution in [3.63, 3.8) is 0 Å². The summed E-state index contributed by atoms with van der Waals surface area (Å²) >= 11 is 0. The summed E-state index contributed by atoms with van der Waals surface area (Å²) in [6.45, 7) is 0.672. The van der Waals surface area contributed by atoms with Gasteiger partial charge in [-0.05, 0) is 28.8 Å². The van der Waals surface area contributed by atoms with Gasteiger partial charge in [-0.3, -0.25) is 14.4 Å². The first kappa shape index (κ1) is 25.5. The van der Waals surface area contributed by atoms with Crippen molar-refractivity contribution in [2.75, 3.05) is 6.61 Å². The van der Waals surface area contributed by atoms with Crippen LogP contribution in [0, 0.1) is 5.82 Å². The maximum Gasteiger partial charge on any atom is 0.277 e. The lowest BCUT2D eigenvalue weighted by atomic mass is 10.0. The quantitative estimate of drug-likeness (QED) is 0.383. The number of aromatic nitrogens is 1. The standard InChI is InChI=1S/C31H26FN3O5/c32-23-13-11-20(12-14-23)15-33-30(37)24-16-34-17-26-35(25(19-39-26)22-9-5-2-6-10-22)31(38)27(34)29(28(24)36)40-18-21-7-3-1-4-8-21/h1-14,16,25-26H,15,17-19H2,(H,33,37). The molecule has 6 rings (SSSR count). The van der Waals surface area contributed by atoms with Crippen molar-refractivity contribution in [3.05, 3.63) is 135 Å². The van der Waals surface area contributed by atoms with E-state index in [0.29, 0.717) is 12.2 Å². The molecule has 1 N–H and O–H groups in total. The molecule has 40 heavy (non-hydrogen) atoms. The molecule has 9 heteroatoms. The van der Waals surface area contributed by atoms with Crippen LogP contribution in [0.5, 0.6) is 5.75 Å². The van der Waals surface area contributed by atoms with E-state index in [0.717, 1.165) is 11.1 Å². The van der Waals surface area contributed by atoms with Crippen molar-refractivity contribution in [1.82, 2.24) is 14.8 Å². The van der Waals surface area contributed by atoms with Gasteiger partial charge in [-0.15, -0.1) is 0 Å². The third kappa shape index (κ3) is 4.87. The van der Waals surface area contributed by atoms with Gasteiger partial charge in [0.2, 0.25) is 5.43 Å².